The number of nitrogens with one attached hydrogen (secondary N) is 2. The first kappa shape index (κ1) is 13.1. The number of rotatable bonds is 4. The summed E-state index contributed by atoms with van der Waals surface area (Å²) in [4.78, 5) is 0.316. The van der Waals surface area contributed by atoms with E-state index in [1.54, 1.807) is 31.3 Å². The Kier molecular flexibility index (Phi) is 4.04. The molecule has 0 saturated heterocycles. The van der Waals surface area contributed by atoms with Gasteiger partial charge in [-0.1, -0.05) is 12.2 Å². The second kappa shape index (κ2) is 5.54. The quantitative estimate of drug-likeness (QED) is 0.821. The summed E-state index contributed by atoms with van der Waals surface area (Å²) in [5.74, 6) is 0. The van der Waals surface area contributed by atoms with Crippen LogP contribution in [0.5, 0.6) is 0 Å². The molecule has 4 nitrogen and oxygen atoms in total. The van der Waals surface area contributed by atoms with Crippen LogP contribution in [0.4, 0.5) is 5.69 Å². The second-order valence-corrected chi connectivity index (χ2v) is 6.09. The molecule has 0 heterocycles. The third kappa shape index (κ3) is 3.11. The molecule has 18 heavy (non-hydrogen) atoms. The van der Waals surface area contributed by atoms with Crippen molar-refractivity contribution in [3.8, 4) is 0 Å². The van der Waals surface area contributed by atoms with E-state index in [-0.39, 0.29) is 6.04 Å². The van der Waals surface area contributed by atoms with Crippen LogP contribution in [-0.2, 0) is 10.0 Å². The Bertz CT molecular complexity index is 520. The summed E-state index contributed by atoms with van der Waals surface area (Å²) >= 11 is 0. The molecule has 0 radical (unpaired) electrons. The standard InChI is InChI=1S/C13H18N2O2S/c1-14-11-7-9-13(10-8-11)18(16,17)15-12-5-3-2-4-6-12/h2-3,7-10,12,14-15H,4-6H2,1H3. The van der Waals surface area contributed by atoms with E-state index in [1.165, 1.54) is 0 Å². The monoisotopic (exact) mass is 266 g/mol. The first-order chi connectivity index (χ1) is 8.62. The lowest BCUT2D eigenvalue weighted by Crippen LogP contribution is -2.35. The Morgan fingerprint density at radius 3 is 2.44 bits per heavy atom. The predicted molar refractivity (Wildman–Crippen MR) is 73.1 cm³/mol. The zero-order valence-electron chi connectivity index (χ0n) is 10.4. The van der Waals surface area contributed by atoms with Gasteiger partial charge in [0.25, 0.3) is 0 Å². The van der Waals surface area contributed by atoms with Crippen LogP contribution in [0.3, 0.4) is 0 Å². The lowest BCUT2D eigenvalue weighted by molar-refractivity contribution is 0.522. The molecule has 0 aliphatic heterocycles. The van der Waals surface area contributed by atoms with Gasteiger partial charge in [-0.25, -0.2) is 13.1 Å². The summed E-state index contributed by atoms with van der Waals surface area (Å²) in [7, 11) is -1.59. The average molecular weight is 266 g/mol. The number of anilines is 1. The van der Waals surface area contributed by atoms with Crippen molar-refractivity contribution in [2.45, 2.75) is 30.2 Å². The van der Waals surface area contributed by atoms with Crippen LogP contribution in [0.15, 0.2) is 41.3 Å². The molecule has 1 unspecified atom stereocenters. The zero-order chi connectivity index (χ0) is 13.0. The lowest BCUT2D eigenvalue weighted by Gasteiger charge is -2.19. The van der Waals surface area contributed by atoms with Gasteiger partial charge in [0.2, 0.25) is 10.0 Å². The van der Waals surface area contributed by atoms with E-state index < -0.39 is 10.0 Å². The maximum Gasteiger partial charge on any atom is 0.240 e. The predicted octanol–water partition coefficient (Wildman–Crippen LogP) is 2.12. The number of allylic oxidation sites excluding steroid dienone is 1. The molecule has 1 aromatic carbocycles. The Labute approximate surface area is 108 Å². The Morgan fingerprint density at radius 2 is 1.89 bits per heavy atom. The van der Waals surface area contributed by atoms with Crippen molar-refractivity contribution < 1.29 is 8.42 Å². The zero-order valence-corrected chi connectivity index (χ0v) is 11.2. The number of benzene rings is 1. The smallest absolute Gasteiger partial charge is 0.240 e. The molecule has 2 rings (SSSR count). The maximum absolute atomic E-state index is 12.1. The Morgan fingerprint density at radius 1 is 1.17 bits per heavy atom. The summed E-state index contributed by atoms with van der Waals surface area (Å²) < 4.78 is 27.0. The fourth-order valence-corrected chi connectivity index (χ4v) is 3.27. The van der Waals surface area contributed by atoms with Gasteiger partial charge in [-0.05, 0) is 43.5 Å². The molecule has 2 N–H and O–H groups in total. The first-order valence-electron chi connectivity index (χ1n) is 6.07. The van der Waals surface area contributed by atoms with E-state index in [2.05, 4.69) is 16.1 Å². The summed E-state index contributed by atoms with van der Waals surface area (Å²) in [5, 5.41) is 2.96. The van der Waals surface area contributed by atoms with Gasteiger partial charge in [0.15, 0.2) is 0 Å². The minimum Gasteiger partial charge on any atom is -0.388 e. The second-order valence-electron chi connectivity index (χ2n) is 4.38. The van der Waals surface area contributed by atoms with Gasteiger partial charge >= 0.3 is 0 Å². The molecule has 1 aliphatic rings. The van der Waals surface area contributed by atoms with Gasteiger partial charge in [0.05, 0.1) is 4.90 Å². The molecule has 1 aliphatic carbocycles. The molecule has 0 amide bonds. The van der Waals surface area contributed by atoms with E-state index in [0.717, 1.165) is 24.9 Å². The molecular formula is C13H18N2O2S. The molecule has 0 aromatic heterocycles. The van der Waals surface area contributed by atoms with Crippen molar-refractivity contribution in [2.24, 2.45) is 0 Å². The Balaban J connectivity index is 2.11. The number of hydrogen-bond acceptors (Lipinski definition) is 3. The molecule has 5 heteroatoms. The van der Waals surface area contributed by atoms with E-state index in [9.17, 15) is 8.42 Å². The highest BCUT2D eigenvalue weighted by atomic mass is 32.2. The molecule has 0 saturated carbocycles. The summed E-state index contributed by atoms with van der Waals surface area (Å²) in [6.45, 7) is 0. The molecular weight excluding hydrogens is 248 g/mol. The first-order valence-corrected chi connectivity index (χ1v) is 7.55. The van der Waals surface area contributed by atoms with Crippen molar-refractivity contribution in [1.82, 2.24) is 4.72 Å². The van der Waals surface area contributed by atoms with E-state index in [0.29, 0.717) is 4.90 Å². The largest absolute Gasteiger partial charge is 0.388 e. The van der Waals surface area contributed by atoms with Crippen LogP contribution in [0.25, 0.3) is 0 Å². The normalized spacial score (nSPS) is 19.7. The third-order valence-electron chi connectivity index (χ3n) is 3.04. The molecule has 1 aromatic rings. The van der Waals surface area contributed by atoms with Crippen molar-refractivity contribution in [2.75, 3.05) is 12.4 Å². The minimum absolute atomic E-state index is 0.0176. The summed E-state index contributed by atoms with van der Waals surface area (Å²) in [6, 6.07) is 6.77. The van der Waals surface area contributed by atoms with Crippen LogP contribution in [0, 0.1) is 0 Å². The number of sulfonamides is 1. The fourth-order valence-electron chi connectivity index (χ4n) is 1.99. The minimum atomic E-state index is -3.40. The molecule has 1 atom stereocenters. The van der Waals surface area contributed by atoms with Gasteiger partial charge in [0, 0.05) is 18.8 Å². The SMILES string of the molecule is CNc1ccc(S(=O)(=O)NC2CC=CCC2)cc1. The topological polar surface area (TPSA) is 58.2 Å². The molecule has 0 spiro atoms. The Hall–Kier alpha value is -1.33. The van der Waals surface area contributed by atoms with Gasteiger partial charge in [-0.3, -0.25) is 0 Å². The average Bonchev–Trinajstić information content (AvgIpc) is 2.39. The summed E-state index contributed by atoms with van der Waals surface area (Å²) in [5.41, 5.74) is 0.898. The molecule has 0 fully saturated rings. The van der Waals surface area contributed by atoms with Crippen molar-refractivity contribution >= 4 is 15.7 Å². The van der Waals surface area contributed by atoms with Crippen LogP contribution < -0.4 is 10.0 Å². The van der Waals surface area contributed by atoms with Crippen LogP contribution in [0.2, 0.25) is 0 Å². The van der Waals surface area contributed by atoms with E-state index >= 15 is 0 Å². The maximum atomic E-state index is 12.1. The summed E-state index contributed by atoms with van der Waals surface area (Å²) in [6.07, 6.45) is 6.69. The fraction of sp³-hybridized carbons (Fsp3) is 0.385. The highest BCUT2D eigenvalue weighted by molar-refractivity contribution is 7.89. The van der Waals surface area contributed by atoms with Crippen molar-refractivity contribution in [1.29, 1.82) is 0 Å². The van der Waals surface area contributed by atoms with Gasteiger partial charge < -0.3 is 5.32 Å². The highest BCUT2D eigenvalue weighted by Crippen LogP contribution is 2.17. The van der Waals surface area contributed by atoms with Crippen molar-refractivity contribution in [3.05, 3.63) is 36.4 Å². The van der Waals surface area contributed by atoms with Crippen LogP contribution >= 0.6 is 0 Å². The number of hydrogen-bond donors (Lipinski definition) is 2. The van der Waals surface area contributed by atoms with E-state index in [4.69, 9.17) is 0 Å². The van der Waals surface area contributed by atoms with Gasteiger partial charge in [-0.2, -0.15) is 0 Å². The van der Waals surface area contributed by atoms with E-state index in [1.807, 2.05) is 6.08 Å². The molecule has 98 valence electrons. The highest BCUT2D eigenvalue weighted by Gasteiger charge is 2.19. The lowest BCUT2D eigenvalue weighted by atomic mass is 10.0. The van der Waals surface area contributed by atoms with Crippen LogP contribution in [0.1, 0.15) is 19.3 Å². The van der Waals surface area contributed by atoms with Crippen molar-refractivity contribution in [3.63, 3.8) is 0 Å². The van der Waals surface area contributed by atoms with Gasteiger partial charge in [0.1, 0.15) is 0 Å². The van der Waals surface area contributed by atoms with Gasteiger partial charge in [-0.15, -0.1) is 0 Å². The molecule has 0 bridgehead atoms. The third-order valence-corrected chi connectivity index (χ3v) is 4.58. The van der Waals surface area contributed by atoms with Crippen LogP contribution in [-0.4, -0.2) is 21.5 Å².